The third-order valence-corrected chi connectivity index (χ3v) is 6.78. The summed E-state index contributed by atoms with van der Waals surface area (Å²) in [6, 6.07) is 14.5. The number of hydrogen-bond donors (Lipinski definition) is 1. The average Bonchev–Trinajstić information content (AvgIpc) is 3.38. The van der Waals surface area contributed by atoms with Crippen LogP contribution >= 0.6 is 0 Å². The van der Waals surface area contributed by atoms with Crippen LogP contribution in [0, 0.1) is 5.92 Å². The van der Waals surface area contributed by atoms with Crippen LogP contribution in [0.2, 0.25) is 0 Å². The summed E-state index contributed by atoms with van der Waals surface area (Å²) in [6.45, 7) is 2.60. The highest BCUT2D eigenvalue weighted by atomic mass is 16.5. The lowest BCUT2D eigenvalue weighted by Crippen LogP contribution is -2.56. The van der Waals surface area contributed by atoms with Gasteiger partial charge in [-0.3, -0.25) is 14.5 Å². The fourth-order valence-electron chi connectivity index (χ4n) is 4.99. The SMILES string of the molecule is COc1ccc(C(=O)N2CCN([C@H](C(=O)Nc3cccc(OC)c3)C3CCCC3)CC2)cc1. The Morgan fingerprint density at radius 3 is 2.21 bits per heavy atom. The molecule has 2 amide bonds. The van der Waals surface area contributed by atoms with Crippen molar-refractivity contribution in [3.05, 3.63) is 54.1 Å². The van der Waals surface area contributed by atoms with Crippen LogP contribution in [-0.4, -0.2) is 68.1 Å². The predicted octanol–water partition coefficient (Wildman–Crippen LogP) is 3.66. The quantitative estimate of drug-likeness (QED) is 0.696. The highest BCUT2D eigenvalue weighted by Crippen LogP contribution is 2.32. The smallest absolute Gasteiger partial charge is 0.253 e. The van der Waals surface area contributed by atoms with Gasteiger partial charge in [0.25, 0.3) is 5.91 Å². The average molecular weight is 452 g/mol. The van der Waals surface area contributed by atoms with Crippen LogP contribution in [0.1, 0.15) is 36.0 Å². The molecule has 4 rings (SSSR count). The number of anilines is 1. The van der Waals surface area contributed by atoms with Gasteiger partial charge in [0.2, 0.25) is 5.91 Å². The van der Waals surface area contributed by atoms with E-state index in [9.17, 15) is 9.59 Å². The van der Waals surface area contributed by atoms with E-state index >= 15 is 0 Å². The van der Waals surface area contributed by atoms with Crippen molar-refractivity contribution in [3.8, 4) is 11.5 Å². The summed E-state index contributed by atoms with van der Waals surface area (Å²) >= 11 is 0. The molecule has 0 spiro atoms. The van der Waals surface area contributed by atoms with Crippen molar-refractivity contribution in [1.82, 2.24) is 9.80 Å². The highest BCUT2D eigenvalue weighted by molar-refractivity contribution is 5.96. The van der Waals surface area contributed by atoms with E-state index in [4.69, 9.17) is 9.47 Å². The van der Waals surface area contributed by atoms with Gasteiger partial charge in [0, 0.05) is 43.5 Å². The fourth-order valence-corrected chi connectivity index (χ4v) is 4.99. The van der Waals surface area contributed by atoms with Gasteiger partial charge in [-0.05, 0) is 55.2 Å². The van der Waals surface area contributed by atoms with Crippen LogP contribution in [0.3, 0.4) is 0 Å². The molecule has 1 atom stereocenters. The van der Waals surface area contributed by atoms with E-state index in [0.29, 0.717) is 37.7 Å². The van der Waals surface area contributed by atoms with Crippen LogP contribution < -0.4 is 14.8 Å². The maximum Gasteiger partial charge on any atom is 0.253 e. The number of hydrogen-bond acceptors (Lipinski definition) is 5. The Labute approximate surface area is 195 Å². The topological polar surface area (TPSA) is 71.1 Å². The van der Waals surface area contributed by atoms with Gasteiger partial charge in [0.05, 0.1) is 20.3 Å². The molecule has 0 aromatic heterocycles. The monoisotopic (exact) mass is 451 g/mol. The molecular weight excluding hydrogens is 418 g/mol. The lowest BCUT2D eigenvalue weighted by atomic mass is 9.94. The normalized spacial score (nSPS) is 18.1. The first-order valence-corrected chi connectivity index (χ1v) is 11.7. The second-order valence-corrected chi connectivity index (χ2v) is 8.77. The van der Waals surface area contributed by atoms with E-state index in [-0.39, 0.29) is 17.9 Å². The number of nitrogens with one attached hydrogen (secondary N) is 1. The number of nitrogens with zero attached hydrogens (tertiary/aromatic N) is 2. The Morgan fingerprint density at radius 1 is 0.909 bits per heavy atom. The molecule has 1 saturated carbocycles. The van der Waals surface area contributed by atoms with Crippen molar-refractivity contribution in [3.63, 3.8) is 0 Å². The summed E-state index contributed by atoms with van der Waals surface area (Å²) in [5.41, 5.74) is 1.41. The van der Waals surface area contributed by atoms with Crippen molar-refractivity contribution in [1.29, 1.82) is 0 Å². The molecule has 33 heavy (non-hydrogen) atoms. The Bertz CT molecular complexity index is 948. The lowest BCUT2D eigenvalue weighted by molar-refractivity contribution is -0.123. The second kappa shape index (κ2) is 10.7. The van der Waals surface area contributed by atoms with E-state index in [1.54, 1.807) is 26.4 Å². The van der Waals surface area contributed by atoms with E-state index in [1.807, 2.05) is 41.3 Å². The third-order valence-electron chi connectivity index (χ3n) is 6.78. The van der Waals surface area contributed by atoms with Crippen LogP contribution in [0.25, 0.3) is 0 Å². The minimum Gasteiger partial charge on any atom is -0.497 e. The van der Waals surface area contributed by atoms with E-state index < -0.39 is 0 Å². The minimum absolute atomic E-state index is 0.0237. The van der Waals surface area contributed by atoms with Crippen LogP contribution in [0.15, 0.2) is 48.5 Å². The molecule has 1 heterocycles. The first-order chi connectivity index (χ1) is 16.1. The zero-order chi connectivity index (χ0) is 23.2. The number of methoxy groups -OCH3 is 2. The van der Waals surface area contributed by atoms with Gasteiger partial charge in [-0.2, -0.15) is 0 Å². The number of rotatable bonds is 7. The molecule has 0 unspecified atom stereocenters. The Morgan fingerprint density at radius 2 is 1.58 bits per heavy atom. The summed E-state index contributed by atoms with van der Waals surface area (Å²) in [7, 11) is 3.23. The standard InChI is InChI=1S/C26H33N3O4/c1-32-22-12-10-20(11-13-22)26(31)29-16-14-28(15-17-29)24(19-6-3-4-7-19)25(30)27-21-8-5-9-23(18-21)33-2/h5,8-13,18-19,24H,3-4,6-7,14-17H2,1-2H3,(H,27,30)/t24-/m0/s1. The fraction of sp³-hybridized carbons (Fsp3) is 0.462. The second-order valence-electron chi connectivity index (χ2n) is 8.77. The van der Waals surface area contributed by atoms with Gasteiger partial charge in [0.15, 0.2) is 0 Å². The molecule has 7 nitrogen and oxygen atoms in total. The van der Waals surface area contributed by atoms with E-state index in [0.717, 1.165) is 30.0 Å². The summed E-state index contributed by atoms with van der Waals surface area (Å²) in [6.07, 6.45) is 4.48. The van der Waals surface area contributed by atoms with Gasteiger partial charge in [-0.1, -0.05) is 18.9 Å². The summed E-state index contributed by atoms with van der Waals surface area (Å²) < 4.78 is 10.5. The Hall–Kier alpha value is -3.06. The van der Waals surface area contributed by atoms with Crippen molar-refractivity contribution in [2.75, 3.05) is 45.7 Å². The number of carbonyl (C=O) groups is 2. The van der Waals surface area contributed by atoms with Gasteiger partial charge < -0.3 is 19.7 Å². The lowest BCUT2D eigenvalue weighted by Gasteiger charge is -2.40. The highest BCUT2D eigenvalue weighted by Gasteiger charge is 2.37. The number of piperazine rings is 1. The van der Waals surface area contributed by atoms with Crippen LogP contribution in [0.5, 0.6) is 11.5 Å². The van der Waals surface area contributed by atoms with Crippen molar-refractivity contribution in [2.45, 2.75) is 31.7 Å². The summed E-state index contributed by atoms with van der Waals surface area (Å²) in [4.78, 5) is 30.5. The predicted molar refractivity (Wildman–Crippen MR) is 128 cm³/mol. The number of carbonyl (C=O) groups excluding carboxylic acids is 2. The molecule has 1 aliphatic heterocycles. The molecule has 2 aliphatic rings. The minimum atomic E-state index is -0.183. The van der Waals surface area contributed by atoms with E-state index in [2.05, 4.69) is 10.2 Å². The van der Waals surface area contributed by atoms with Crippen LogP contribution in [-0.2, 0) is 4.79 Å². The van der Waals surface area contributed by atoms with Gasteiger partial charge in [-0.15, -0.1) is 0 Å². The molecule has 2 aromatic carbocycles. The van der Waals surface area contributed by atoms with Crippen LogP contribution in [0.4, 0.5) is 5.69 Å². The van der Waals surface area contributed by atoms with Crippen molar-refractivity contribution < 1.29 is 19.1 Å². The number of amides is 2. The van der Waals surface area contributed by atoms with Crippen molar-refractivity contribution in [2.24, 2.45) is 5.92 Å². The molecule has 0 radical (unpaired) electrons. The number of ether oxygens (including phenoxy) is 2. The summed E-state index contributed by atoms with van der Waals surface area (Å²) in [5, 5.41) is 3.11. The van der Waals surface area contributed by atoms with E-state index in [1.165, 1.54) is 12.8 Å². The number of benzene rings is 2. The molecule has 2 fully saturated rings. The van der Waals surface area contributed by atoms with Gasteiger partial charge in [-0.25, -0.2) is 0 Å². The zero-order valence-corrected chi connectivity index (χ0v) is 19.5. The largest absolute Gasteiger partial charge is 0.497 e. The van der Waals surface area contributed by atoms with Crippen molar-refractivity contribution >= 4 is 17.5 Å². The first kappa shape index (κ1) is 23.1. The molecule has 0 bridgehead atoms. The molecule has 176 valence electrons. The Kier molecular flexibility index (Phi) is 7.50. The van der Waals surface area contributed by atoms with Gasteiger partial charge in [0.1, 0.15) is 11.5 Å². The maximum absolute atomic E-state index is 13.4. The van der Waals surface area contributed by atoms with Gasteiger partial charge >= 0.3 is 0 Å². The molecule has 1 saturated heterocycles. The molecule has 1 N–H and O–H groups in total. The maximum atomic E-state index is 13.4. The third kappa shape index (κ3) is 5.47. The molecular formula is C26H33N3O4. The molecule has 7 heteroatoms. The summed E-state index contributed by atoms with van der Waals surface area (Å²) in [5.74, 6) is 1.86. The molecule has 1 aliphatic carbocycles. The molecule has 2 aromatic rings. The zero-order valence-electron chi connectivity index (χ0n) is 19.5. The first-order valence-electron chi connectivity index (χ1n) is 11.7. The Balaban J connectivity index is 1.42.